The van der Waals surface area contributed by atoms with Crippen LogP contribution in [0, 0.1) is 5.41 Å². The number of ether oxygens (including phenoxy) is 1. The second-order valence-electron chi connectivity index (χ2n) is 5.51. The third-order valence-electron chi connectivity index (χ3n) is 5.00. The Morgan fingerprint density at radius 2 is 1.79 bits per heavy atom. The van der Waals surface area contributed by atoms with Gasteiger partial charge >= 0.3 is 0 Å². The lowest BCUT2D eigenvalue weighted by Gasteiger charge is -2.62. The number of rotatable bonds is 2. The maximum absolute atomic E-state index is 5.87. The van der Waals surface area contributed by atoms with E-state index in [-0.39, 0.29) is 5.60 Å². The van der Waals surface area contributed by atoms with Crippen LogP contribution in [0.3, 0.4) is 0 Å². The van der Waals surface area contributed by atoms with Crippen LogP contribution in [-0.4, -0.2) is 25.3 Å². The first-order valence-electron chi connectivity index (χ1n) is 6.10. The van der Waals surface area contributed by atoms with E-state index < -0.39 is 0 Å². The van der Waals surface area contributed by atoms with E-state index in [1.54, 1.807) is 0 Å². The fourth-order valence-corrected chi connectivity index (χ4v) is 3.92. The highest BCUT2D eigenvalue weighted by Gasteiger charge is 2.59. The molecule has 2 aliphatic carbocycles. The Morgan fingerprint density at radius 3 is 2.14 bits per heavy atom. The molecule has 0 aromatic heterocycles. The van der Waals surface area contributed by atoms with Crippen molar-refractivity contribution in [3.8, 4) is 0 Å². The zero-order valence-electron chi connectivity index (χ0n) is 9.14. The first kappa shape index (κ1) is 9.17. The third-order valence-corrected chi connectivity index (χ3v) is 5.00. The van der Waals surface area contributed by atoms with Crippen molar-refractivity contribution in [2.24, 2.45) is 5.41 Å². The van der Waals surface area contributed by atoms with Crippen molar-refractivity contribution in [2.45, 2.75) is 56.6 Å². The van der Waals surface area contributed by atoms with E-state index in [1.165, 1.54) is 51.5 Å². The summed E-state index contributed by atoms with van der Waals surface area (Å²) in [6.45, 7) is 1.25. The van der Waals surface area contributed by atoms with E-state index in [9.17, 15) is 0 Å². The van der Waals surface area contributed by atoms with Gasteiger partial charge in [-0.25, -0.2) is 0 Å². The number of methoxy groups -OCH3 is 1. The van der Waals surface area contributed by atoms with Crippen LogP contribution >= 0.6 is 0 Å². The molecule has 3 aliphatic rings. The Kier molecular flexibility index (Phi) is 1.94. The highest BCUT2D eigenvalue weighted by molar-refractivity contribution is 5.15. The monoisotopic (exact) mass is 195 g/mol. The molecule has 1 aliphatic heterocycles. The summed E-state index contributed by atoms with van der Waals surface area (Å²) in [6.07, 6.45) is 9.61. The summed E-state index contributed by atoms with van der Waals surface area (Å²) in [5.41, 5.74) is 0.860. The summed E-state index contributed by atoms with van der Waals surface area (Å²) >= 11 is 0. The van der Waals surface area contributed by atoms with Gasteiger partial charge in [-0.2, -0.15) is 0 Å². The Labute approximate surface area is 86.4 Å². The summed E-state index contributed by atoms with van der Waals surface area (Å²) in [6, 6.07) is 0.677. The van der Waals surface area contributed by atoms with Crippen molar-refractivity contribution in [3.63, 3.8) is 0 Å². The molecule has 0 bridgehead atoms. The van der Waals surface area contributed by atoms with E-state index in [1.807, 2.05) is 7.11 Å². The van der Waals surface area contributed by atoms with Crippen LogP contribution in [0.1, 0.15) is 44.9 Å². The van der Waals surface area contributed by atoms with Gasteiger partial charge in [0.05, 0.1) is 5.60 Å². The summed E-state index contributed by atoms with van der Waals surface area (Å²) in [7, 11) is 1.91. The lowest BCUT2D eigenvalue weighted by molar-refractivity contribution is -0.140. The Balaban J connectivity index is 1.79. The van der Waals surface area contributed by atoms with Gasteiger partial charge < -0.3 is 10.1 Å². The minimum atomic E-state index is 0.207. The van der Waals surface area contributed by atoms with Gasteiger partial charge in [0, 0.05) is 25.1 Å². The number of hydrogen-bond acceptors (Lipinski definition) is 2. The second kappa shape index (κ2) is 2.96. The van der Waals surface area contributed by atoms with E-state index >= 15 is 0 Å². The highest BCUT2D eigenvalue weighted by atomic mass is 16.5. The largest absolute Gasteiger partial charge is 0.377 e. The molecular formula is C12H21NO. The van der Waals surface area contributed by atoms with Gasteiger partial charge in [0.25, 0.3) is 0 Å². The van der Waals surface area contributed by atoms with Crippen molar-refractivity contribution < 1.29 is 4.74 Å². The van der Waals surface area contributed by atoms with Crippen LogP contribution in [0.4, 0.5) is 0 Å². The lowest BCUT2D eigenvalue weighted by atomic mass is 9.55. The van der Waals surface area contributed by atoms with Crippen LogP contribution in [0.25, 0.3) is 0 Å². The standard InChI is InChI=1S/C12H21NO/c1-14-12(7-2-3-8-12)10-11(9-13-10)5-4-6-11/h10,13H,2-9H2,1H3. The van der Waals surface area contributed by atoms with Crippen molar-refractivity contribution in [1.29, 1.82) is 0 Å². The first-order valence-corrected chi connectivity index (χ1v) is 6.10. The smallest absolute Gasteiger partial charge is 0.0836 e. The predicted molar refractivity (Wildman–Crippen MR) is 56.3 cm³/mol. The molecule has 3 fully saturated rings. The van der Waals surface area contributed by atoms with E-state index in [4.69, 9.17) is 4.74 Å². The highest BCUT2D eigenvalue weighted by Crippen LogP contribution is 2.55. The van der Waals surface area contributed by atoms with Crippen LogP contribution in [0.15, 0.2) is 0 Å². The molecule has 14 heavy (non-hydrogen) atoms. The van der Waals surface area contributed by atoms with Gasteiger partial charge in [-0.05, 0) is 25.7 Å². The zero-order chi connectivity index (χ0) is 9.65. The lowest BCUT2D eigenvalue weighted by Crippen LogP contribution is -2.73. The summed E-state index contributed by atoms with van der Waals surface area (Å²) in [4.78, 5) is 0. The third kappa shape index (κ3) is 0.989. The van der Waals surface area contributed by atoms with Crippen LogP contribution in [0.2, 0.25) is 0 Å². The second-order valence-corrected chi connectivity index (χ2v) is 5.51. The average Bonchev–Trinajstić information content (AvgIpc) is 2.49. The van der Waals surface area contributed by atoms with Gasteiger partial charge in [0.1, 0.15) is 0 Å². The molecule has 0 aromatic carbocycles. The molecule has 0 radical (unpaired) electrons. The maximum atomic E-state index is 5.87. The van der Waals surface area contributed by atoms with Gasteiger partial charge in [0.15, 0.2) is 0 Å². The predicted octanol–water partition coefficient (Wildman–Crippen LogP) is 2.09. The molecule has 1 saturated heterocycles. The molecule has 1 spiro atoms. The SMILES string of the molecule is COC1(C2NCC23CCC3)CCCC1. The minimum Gasteiger partial charge on any atom is -0.377 e. The van der Waals surface area contributed by atoms with Crippen molar-refractivity contribution in [1.82, 2.24) is 5.32 Å². The van der Waals surface area contributed by atoms with E-state index in [0.29, 0.717) is 11.5 Å². The Hall–Kier alpha value is -0.0800. The molecule has 0 amide bonds. The number of nitrogens with one attached hydrogen (secondary N) is 1. The van der Waals surface area contributed by atoms with Crippen LogP contribution in [0.5, 0.6) is 0 Å². The zero-order valence-corrected chi connectivity index (χ0v) is 9.14. The average molecular weight is 195 g/mol. The Bertz CT molecular complexity index is 223. The van der Waals surface area contributed by atoms with Gasteiger partial charge in [-0.15, -0.1) is 0 Å². The molecule has 2 nitrogen and oxygen atoms in total. The Morgan fingerprint density at radius 1 is 1.07 bits per heavy atom. The molecule has 2 heteroatoms. The topological polar surface area (TPSA) is 21.3 Å². The minimum absolute atomic E-state index is 0.207. The quantitative estimate of drug-likeness (QED) is 0.728. The fourth-order valence-electron chi connectivity index (χ4n) is 3.92. The molecule has 1 N–H and O–H groups in total. The molecule has 2 saturated carbocycles. The molecule has 3 rings (SSSR count). The van der Waals surface area contributed by atoms with Crippen molar-refractivity contribution in [3.05, 3.63) is 0 Å². The fraction of sp³-hybridized carbons (Fsp3) is 1.00. The van der Waals surface area contributed by atoms with Gasteiger partial charge in [-0.3, -0.25) is 0 Å². The molecule has 1 heterocycles. The molecule has 1 atom stereocenters. The van der Waals surface area contributed by atoms with Crippen LogP contribution in [-0.2, 0) is 4.74 Å². The molecule has 80 valence electrons. The summed E-state index contributed by atoms with van der Waals surface area (Å²) in [5.74, 6) is 0. The molecular weight excluding hydrogens is 174 g/mol. The van der Waals surface area contributed by atoms with Crippen molar-refractivity contribution >= 4 is 0 Å². The first-order chi connectivity index (χ1) is 6.81. The molecule has 1 unspecified atom stereocenters. The van der Waals surface area contributed by atoms with E-state index in [2.05, 4.69) is 5.32 Å². The van der Waals surface area contributed by atoms with Crippen molar-refractivity contribution in [2.75, 3.05) is 13.7 Å². The molecule has 0 aromatic rings. The van der Waals surface area contributed by atoms with Gasteiger partial charge in [-0.1, -0.05) is 19.3 Å². The normalized spacial score (nSPS) is 37.9. The van der Waals surface area contributed by atoms with E-state index in [0.717, 1.165) is 0 Å². The summed E-state index contributed by atoms with van der Waals surface area (Å²) < 4.78 is 5.87. The van der Waals surface area contributed by atoms with Gasteiger partial charge in [0.2, 0.25) is 0 Å². The summed E-state index contributed by atoms with van der Waals surface area (Å²) in [5, 5.41) is 3.65. The maximum Gasteiger partial charge on any atom is 0.0836 e. The number of hydrogen-bond donors (Lipinski definition) is 1. The van der Waals surface area contributed by atoms with Crippen LogP contribution < -0.4 is 5.32 Å².